The van der Waals surface area contributed by atoms with Crippen molar-refractivity contribution >= 4 is 17.5 Å². The molecule has 6 rings (SSSR count). The van der Waals surface area contributed by atoms with Crippen molar-refractivity contribution in [3.63, 3.8) is 0 Å². The molecule has 1 aliphatic heterocycles. The molecule has 0 radical (unpaired) electrons. The number of tetrazole rings is 1. The Hall–Kier alpha value is -3.96. The number of alkyl halides is 3. The van der Waals surface area contributed by atoms with Crippen molar-refractivity contribution in [1.29, 1.82) is 0 Å². The first kappa shape index (κ1) is 25.3. The summed E-state index contributed by atoms with van der Waals surface area (Å²) in [6.07, 6.45) is 0.301. The van der Waals surface area contributed by atoms with E-state index in [1.54, 1.807) is 4.90 Å². The summed E-state index contributed by atoms with van der Waals surface area (Å²) in [7, 11) is 0. The summed E-state index contributed by atoms with van der Waals surface area (Å²) < 4.78 is 41.8. The third-order valence-electron chi connectivity index (χ3n) is 7.82. The molecule has 2 heterocycles. The zero-order chi connectivity index (χ0) is 27.1. The van der Waals surface area contributed by atoms with Crippen LogP contribution in [0.4, 0.5) is 18.9 Å². The molecule has 12 heteroatoms. The van der Waals surface area contributed by atoms with E-state index in [9.17, 15) is 22.8 Å². The Labute approximate surface area is 222 Å². The van der Waals surface area contributed by atoms with Crippen LogP contribution in [0.2, 0.25) is 0 Å². The van der Waals surface area contributed by atoms with Gasteiger partial charge in [0, 0.05) is 42.1 Å². The molecule has 9 nitrogen and oxygen atoms in total. The Bertz CT molecular complexity index is 1340. The number of carbonyl (C=O) groups excluding carboxylic acids is 2. The number of benzene rings is 2. The number of halogens is 3. The number of nitrogens with one attached hydrogen (secondary N) is 1. The van der Waals surface area contributed by atoms with Crippen molar-refractivity contribution < 1.29 is 27.5 Å². The lowest BCUT2D eigenvalue weighted by Crippen LogP contribution is -2.53. The van der Waals surface area contributed by atoms with Crippen molar-refractivity contribution in [2.75, 3.05) is 4.90 Å². The average molecular weight is 541 g/mol. The molecule has 2 aliphatic carbocycles. The number of H-pyrrole nitrogens is 1. The molecule has 0 bridgehead atoms. The molecule has 3 atom stereocenters. The molecule has 2 aromatic carbocycles. The number of para-hydroxylation sites is 1. The maximum Gasteiger partial charge on any atom is 0.573 e. The van der Waals surface area contributed by atoms with Crippen LogP contribution in [-0.4, -0.2) is 55.8 Å². The van der Waals surface area contributed by atoms with Crippen LogP contribution in [0.5, 0.6) is 5.75 Å². The molecule has 1 N–H and O–H groups in total. The first-order chi connectivity index (χ1) is 18.8. The van der Waals surface area contributed by atoms with Gasteiger partial charge in [0.25, 0.3) is 5.91 Å². The molecular weight excluding hydrogens is 513 g/mol. The molecule has 0 saturated heterocycles. The van der Waals surface area contributed by atoms with Crippen LogP contribution in [0.25, 0.3) is 0 Å². The van der Waals surface area contributed by atoms with Gasteiger partial charge in [0.05, 0.1) is 6.04 Å². The smallest absolute Gasteiger partial charge is 0.406 e. The van der Waals surface area contributed by atoms with Gasteiger partial charge in [-0.1, -0.05) is 29.8 Å². The van der Waals surface area contributed by atoms with Gasteiger partial charge < -0.3 is 14.5 Å². The van der Waals surface area contributed by atoms with E-state index in [0.717, 1.165) is 55.5 Å². The fourth-order valence-electron chi connectivity index (χ4n) is 6.15. The van der Waals surface area contributed by atoms with Crippen LogP contribution in [0.3, 0.4) is 0 Å². The van der Waals surface area contributed by atoms with Gasteiger partial charge in [-0.05, 0) is 61.6 Å². The Morgan fingerprint density at radius 2 is 1.82 bits per heavy atom. The standard InChI is InChI=1S/C27H27F3N6O3/c28-27(29,30)39-18-12-8-16(9-13-18)26(38)36-21-6-2-1-4-19(21)25(20-5-3-7-22(20)36)35(17-10-11-17)24(37)15-14-23-31-33-34-32-23/h1-2,4,6,8-9,12-13,17,20,22,25H,3,5,7,10-11,14-15H2,(H,31,32,33,34)/t20-,22+,25+/m1/s1. The summed E-state index contributed by atoms with van der Waals surface area (Å²) in [5, 5.41) is 13.9. The highest BCUT2D eigenvalue weighted by Gasteiger charge is 2.51. The molecule has 2 amide bonds. The second kappa shape index (κ2) is 9.97. The van der Waals surface area contributed by atoms with E-state index in [1.165, 1.54) is 12.1 Å². The maximum atomic E-state index is 13.9. The second-order valence-corrected chi connectivity index (χ2v) is 10.3. The summed E-state index contributed by atoms with van der Waals surface area (Å²) in [6, 6.07) is 12.6. The van der Waals surface area contributed by atoms with Crippen LogP contribution in [0.15, 0.2) is 48.5 Å². The summed E-state index contributed by atoms with van der Waals surface area (Å²) in [5.74, 6) is -0.0847. The van der Waals surface area contributed by atoms with Crippen LogP contribution in [-0.2, 0) is 11.2 Å². The lowest BCUT2D eigenvalue weighted by Gasteiger charge is -2.48. The predicted octanol–water partition coefficient (Wildman–Crippen LogP) is 4.59. The van der Waals surface area contributed by atoms with Crippen LogP contribution >= 0.6 is 0 Å². The number of carbonyl (C=O) groups is 2. The van der Waals surface area contributed by atoms with E-state index in [4.69, 9.17) is 0 Å². The monoisotopic (exact) mass is 540 g/mol. The molecule has 0 unspecified atom stereocenters. The van der Waals surface area contributed by atoms with E-state index in [0.29, 0.717) is 12.2 Å². The van der Waals surface area contributed by atoms with E-state index < -0.39 is 6.36 Å². The molecule has 1 aromatic heterocycles. The predicted molar refractivity (Wildman–Crippen MR) is 133 cm³/mol. The van der Waals surface area contributed by atoms with Crippen LogP contribution in [0, 0.1) is 5.92 Å². The topological polar surface area (TPSA) is 104 Å². The summed E-state index contributed by atoms with van der Waals surface area (Å²) in [5.41, 5.74) is 1.94. The number of amides is 2. The Balaban J connectivity index is 1.32. The van der Waals surface area contributed by atoms with Gasteiger partial charge >= 0.3 is 6.36 Å². The lowest BCUT2D eigenvalue weighted by atomic mass is 9.81. The number of nitrogens with zero attached hydrogens (tertiary/aromatic N) is 5. The molecule has 204 valence electrons. The number of ether oxygens (including phenoxy) is 1. The van der Waals surface area contributed by atoms with Crippen molar-refractivity contribution in [2.24, 2.45) is 5.92 Å². The Morgan fingerprint density at radius 1 is 1.05 bits per heavy atom. The number of fused-ring (bicyclic) bond motifs is 2. The van der Waals surface area contributed by atoms with E-state index in [1.807, 2.05) is 29.2 Å². The van der Waals surface area contributed by atoms with Crippen molar-refractivity contribution in [3.8, 4) is 5.75 Å². The van der Waals surface area contributed by atoms with E-state index >= 15 is 0 Å². The molecule has 3 aromatic rings. The van der Waals surface area contributed by atoms with Crippen molar-refractivity contribution in [2.45, 2.75) is 69.4 Å². The first-order valence-corrected chi connectivity index (χ1v) is 13.1. The van der Waals surface area contributed by atoms with E-state index in [-0.39, 0.29) is 53.6 Å². The first-order valence-electron chi connectivity index (χ1n) is 13.1. The summed E-state index contributed by atoms with van der Waals surface area (Å²) in [6.45, 7) is 0. The van der Waals surface area contributed by atoms with E-state index in [2.05, 4.69) is 25.4 Å². The molecule has 2 fully saturated rings. The summed E-state index contributed by atoms with van der Waals surface area (Å²) in [4.78, 5) is 31.3. The highest BCUT2D eigenvalue weighted by molar-refractivity contribution is 6.07. The highest BCUT2D eigenvalue weighted by Crippen LogP contribution is 2.53. The number of hydrogen-bond acceptors (Lipinski definition) is 6. The number of hydrogen-bond donors (Lipinski definition) is 1. The molecule has 3 aliphatic rings. The van der Waals surface area contributed by atoms with Gasteiger partial charge in [-0.25, -0.2) is 0 Å². The fraction of sp³-hybridized carbons (Fsp3) is 0.444. The molecule has 0 spiro atoms. The third-order valence-corrected chi connectivity index (χ3v) is 7.82. The number of aromatic amines is 1. The Morgan fingerprint density at radius 3 is 2.51 bits per heavy atom. The minimum Gasteiger partial charge on any atom is -0.406 e. The SMILES string of the molecule is O=C(c1ccc(OC(F)(F)F)cc1)N1c2ccccc2[C@H](N(C(=O)CCc2nn[nH]n2)C2CC2)[C@@H]2CCC[C@@H]21. The van der Waals surface area contributed by atoms with Crippen molar-refractivity contribution in [1.82, 2.24) is 25.5 Å². The molecular formula is C27H27F3N6O3. The third kappa shape index (κ3) is 5.07. The average Bonchev–Trinajstić information content (AvgIpc) is 3.38. The van der Waals surface area contributed by atoms with Gasteiger partial charge in [-0.3, -0.25) is 9.59 Å². The van der Waals surface area contributed by atoms with Gasteiger partial charge in [-0.2, -0.15) is 5.21 Å². The minimum atomic E-state index is -4.81. The Kier molecular flexibility index (Phi) is 6.48. The van der Waals surface area contributed by atoms with Gasteiger partial charge in [0.2, 0.25) is 5.91 Å². The number of anilines is 1. The largest absolute Gasteiger partial charge is 0.573 e. The molecule has 39 heavy (non-hydrogen) atoms. The van der Waals surface area contributed by atoms with Gasteiger partial charge in [0.15, 0.2) is 5.82 Å². The zero-order valence-electron chi connectivity index (χ0n) is 21.0. The number of rotatable bonds is 7. The lowest BCUT2D eigenvalue weighted by molar-refractivity contribution is -0.274. The second-order valence-electron chi connectivity index (χ2n) is 10.3. The zero-order valence-corrected chi connectivity index (χ0v) is 21.0. The van der Waals surface area contributed by atoms with Gasteiger partial charge in [-0.15, -0.1) is 23.4 Å². The fourth-order valence-corrected chi connectivity index (χ4v) is 6.15. The maximum absolute atomic E-state index is 13.9. The van der Waals surface area contributed by atoms with Crippen LogP contribution in [0.1, 0.15) is 66.3 Å². The number of aryl methyl sites for hydroxylation is 1. The minimum absolute atomic E-state index is 0.0350. The quantitative estimate of drug-likeness (QED) is 0.470. The van der Waals surface area contributed by atoms with Crippen LogP contribution < -0.4 is 9.64 Å². The summed E-state index contributed by atoms with van der Waals surface area (Å²) >= 11 is 0. The normalized spacial score (nSPS) is 22.2. The van der Waals surface area contributed by atoms with Gasteiger partial charge in [0.1, 0.15) is 5.75 Å². The number of aromatic nitrogens is 4. The highest BCUT2D eigenvalue weighted by atomic mass is 19.4. The van der Waals surface area contributed by atoms with Crippen molar-refractivity contribution in [3.05, 3.63) is 65.5 Å². The molecule has 2 saturated carbocycles.